The number of hydrogen-bond donors (Lipinski definition) is 0. The summed E-state index contributed by atoms with van der Waals surface area (Å²) in [5.41, 5.74) is 2.50. The second kappa shape index (κ2) is 9.19. The highest BCUT2D eigenvalue weighted by atomic mass is 19.2. The molecule has 6 heteroatoms. The van der Waals surface area contributed by atoms with Crippen molar-refractivity contribution in [2.24, 2.45) is 0 Å². The van der Waals surface area contributed by atoms with Crippen molar-refractivity contribution in [1.29, 1.82) is 0 Å². The Kier molecular flexibility index (Phi) is 6.18. The largest absolute Gasteiger partial charge is 0.241 e. The summed E-state index contributed by atoms with van der Waals surface area (Å²) in [6, 6.07) is 9.96. The second-order valence-electron chi connectivity index (χ2n) is 7.35. The van der Waals surface area contributed by atoms with Gasteiger partial charge in [-0.2, -0.15) is 0 Å². The molecule has 1 aromatic heterocycles. The van der Waals surface area contributed by atoms with E-state index in [1.54, 1.807) is 24.5 Å². The molecule has 2 nitrogen and oxygen atoms in total. The maximum atomic E-state index is 14.5. The van der Waals surface area contributed by atoms with E-state index in [0.717, 1.165) is 23.6 Å². The lowest BCUT2D eigenvalue weighted by Crippen LogP contribution is -1.99. The number of fused-ring (bicyclic) bond motifs is 1. The van der Waals surface area contributed by atoms with E-state index in [-0.39, 0.29) is 16.3 Å². The first-order chi connectivity index (χ1) is 15.4. The molecule has 3 aromatic carbocycles. The number of aryl methyl sites for hydroxylation is 3. The standard InChI is InChI=1S/C26H18F4N2/c1-2-16-14-31-24(32-15-16)10-6-18-4-8-19(22(27)12-18)7-3-17-5-9-21-20(11-17)13-23(28)26(30)25(21)29/h4-5,8-9,11-15H,2,6,10H2,1H3. The molecule has 4 aromatic rings. The molecule has 0 N–H and O–H groups in total. The minimum absolute atomic E-state index is 0.0432. The maximum absolute atomic E-state index is 14.5. The highest BCUT2D eigenvalue weighted by molar-refractivity contribution is 5.84. The molecular formula is C26H18F4N2. The Morgan fingerprint density at radius 2 is 1.53 bits per heavy atom. The van der Waals surface area contributed by atoms with E-state index in [4.69, 9.17) is 0 Å². The van der Waals surface area contributed by atoms with Crippen LogP contribution >= 0.6 is 0 Å². The van der Waals surface area contributed by atoms with Crippen molar-refractivity contribution in [3.63, 3.8) is 0 Å². The topological polar surface area (TPSA) is 25.8 Å². The van der Waals surface area contributed by atoms with Gasteiger partial charge < -0.3 is 0 Å². The lowest BCUT2D eigenvalue weighted by Gasteiger charge is -2.04. The van der Waals surface area contributed by atoms with Crippen LogP contribution in [0.15, 0.2) is 54.9 Å². The highest BCUT2D eigenvalue weighted by Crippen LogP contribution is 2.24. The molecule has 0 spiro atoms. The molecule has 0 fully saturated rings. The molecular weight excluding hydrogens is 416 g/mol. The lowest BCUT2D eigenvalue weighted by molar-refractivity contribution is 0.453. The van der Waals surface area contributed by atoms with E-state index in [1.807, 2.05) is 6.92 Å². The molecule has 0 aliphatic rings. The quantitative estimate of drug-likeness (QED) is 0.226. The molecule has 4 rings (SSSR count). The van der Waals surface area contributed by atoms with E-state index < -0.39 is 23.3 Å². The van der Waals surface area contributed by atoms with Crippen molar-refractivity contribution in [3.05, 3.63) is 106 Å². The number of benzene rings is 3. The normalized spacial score (nSPS) is 10.8. The molecule has 0 atom stereocenters. The Labute approximate surface area is 183 Å². The Morgan fingerprint density at radius 1 is 0.750 bits per heavy atom. The van der Waals surface area contributed by atoms with E-state index in [1.165, 1.54) is 24.3 Å². The van der Waals surface area contributed by atoms with Crippen molar-refractivity contribution < 1.29 is 17.6 Å². The number of hydrogen-bond acceptors (Lipinski definition) is 2. The van der Waals surface area contributed by atoms with Crippen LogP contribution in [0.5, 0.6) is 0 Å². The van der Waals surface area contributed by atoms with Crippen LogP contribution in [0.2, 0.25) is 0 Å². The summed E-state index contributed by atoms with van der Waals surface area (Å²) in [6.45, 7) is 2.03. The van der Waals surface area contributed by atoms with E-state index in [0.29, 0.717) is 24.2 Å². The van der Waals surface area contributed by atoms with Crippen LogP contribution in [0.4, 0.5) is 17.6 Å². The van der Waals surface area contributed by atoms with Gasteiger partial charge in [-0.15, -0.1) is 0 Å². The number of nitrogens with zero attached hydrogens (tertiary/aromatic N) is 2. The molecule has 0 bridgehead atoms. The SMILES string of the molecule is CCc1cnc(CCc2ccc(C#Cc3ccc4c(F)c(F)c(F)cc4c3)c(F)c2)nc1. The summed E-state index contributed by atoms with van der Waals surface area (Å²) in [6.07, 6.45) is 5.66. The predicted octanol–water partition coefficient (Wildman–Crippen LogP) is 5.93. The summed E-state index contributed by atoms with van der Waals surface area (Å²) in [7, 11) is 0. The van der Waals surface area contributed by atoms with Gasteiger partial charge in [-0.25, -0.2) is 27.5 Å². The molecule has 32 heavy (non-hydrogen) atoms. The Morgan fingerprint density at radius 3 is 2.25 bits per heavy atom. The summed E-state index contributed by atoms with van der Waals surface area (Å²) < 4.78 is 55.2. The van der Waals surface area contributed by atoms with Gasteiger partial charge in [-0.3, -0.25) is 0 Å². The van der Waals surface area contributed by atoms with Crippen LogP contribution in [-0.2, 0) is 19.3 Å². The van der Waals surface area contributed by atoms with Crippen molar-refractivity contribution >= 4 is 10.8 Å². The van der Waals surface area contributed by atoms with Gasteiger partial charge in [0.05, 0.1) is 5.56 Å². The van der Waals surface area contributed by atoms with Crippen molar-refractivity contribution in [3.8, 4) is 11.8 Å². The Bertz CT molecular complexity index is 1350. The predicted molar refractivity (Wildman–Crippen MR) is 115 cm³/mol. The summed E-state index contributed by atoms with van der Waals surface area (Å²) >= 11 is 0. The third kappa shape index (κ3) is 4.62. The van der Waals surface area contributed by atoms with Crippen LogP contribution in [0.1, 0.15) is 35.0 Å². The molecule has 0 aliphatic heterocycles. The van der Waals surface area contributed by atoms with Crippen LogP contribution in [0.3, 0.4) is 0 Å². The summed E-state index contributed by atoms with van der Waals surface area (Å²) in [5, 5.41) is 0.136. The lowest BCUT2D eigenvalue weighted by atomic mass is 10.0. The zero-order chi connectivity index (χ0) is 22.7. The second-order valence-corrected chi connectivity index (χ2v) is 7.35. The van der Waals surface area contributed by atoms with E-state index in [2.05, 4.69) is 21.8 Å². The van der Waals surface area contributed by atoms with Gasteiger partial charge in [0.1, 0.15) is 11.6 Å². The van der Waals surface area contributed by atoms with Gasteiger partial charge in [0.25, 0.3) is 0 Å². The third-order valence-corrected chi connectivity index (χ3v) is 5.15. The fourth-order valence-corrected chi connectivity index (χ4v) is 3.29. The minimum atomic E-state index is -1.51. The maximum Gasteiger partial charge on any atom is 0.195 e. The first-order valence-corrected chi connectivity index (χ1v) is 10.1. The number of rotatable bonds is 4. The summed E-state index contributed by atoms with van der Waals surface area (Å²) in [4.78, 5) is 8.62. The van der Waals surface area contributed by atoms with Gasteiger partial charge >= 0.3 is 0 Å². The van der Waals surface area contributed by atoms with E-state index >= 15 is 0 Å². The zero-order valence-electron chi connectivity index (χ0n) is 17.2. The van der Waals surface area contributed by atoms with Crippen molar-refractivity contribution in [2.45, 2.75) is 26.2 Å². The molecule has 0 unspecified atom stereocenters. The van der Waals surface area contributed by atoms with Crippen molar-refractivity contribution in [2.75, 3.05) is 0 Å². The van der Waals surface area contributed by atoms with Crippen LogP contribution in [0, 0.1) is 35.1 Å². The van der Waals surface area contributed by atoms with Crippen LogP contribution in [-0.4, -0.2) is 9.97 Å². The van der Waals surface area contributed by atoms with E-state index in [9.17, 15) is 17.6 Å². The minimum Gasteiger partial charge on any atom is -0.241 e. The molecule has 0 amide bonds. The fourth-order valence-electron chi connectivity index (χ4n) is 3.29. The molecule has 0 radical (unpaired) electrons. The first kappa shape index (κ1) is 21.5. The average molecular weight is 434 g/mol. The molecule has 160 valence electrons. The van der Waals surface area contributed by atoms with Crippen molar-refractivity contribution in [1.82, 2.24) is 9.97 Å². The third-order valence-electron chi connectivity index (χ3n) is 5.15. The van der Waals surface area contributed by atoms with Gasteiger partial charge in [-0.05, 0) is 59.7 Å². The first-order valence-electron chi connectivity index (χ1n) is 10.1. The number of aromatic nitrogens is 2. The smallest absolute Gasteiger partial charge is 0.195 e. The van der Waals surface area contributed by atoms with Gasteiger partial charge in [-0.1, -0.05) is 30.9 Å². The highest BCUT2D eigenvalue weighted by Gasteiger charge is 2.13. The van der Waals surface area contributed by atoms with Gasteiger partial charge in [0, 0.05) is 29.8 Å². The van der Waals surface area contributed by atoms with Gasteiger partial charge in [0.2, 0.25) is 0 Å². The fraction of sp³-hybridized carbons (Fsp3) is 0.154. The number of halogens is 4. The monoisotopic (exact) mass is 434 g/mol. The van der Waals surface area contributed by atoms with Crippen LogP contribution in [0.25, 0.3) is 10.8 Å². The molecule has 0 saturated carbocycles. The zero-order valence-corrected chi connectivity index (χ0v) is 17.2. The average Bonchev–Trinajstić information content (AvgIpc) is 2.81. The molecule has 0 saturated heterocycles. The summed E-state index contributed by atoms with van der Waals surface area (Å²) in [5.74, 6) is 1.74. The van der Waals surface area contributed by atoms with Crippen LogP contribution < -0.4 is 0 Å². The molecule has 0 aliphatic carbocycles. The Balaban J connectivity index is 1.50. The molecule has 1 heterocycles. The van der Waals surface area contributed by atoms with Gasteiger partial charge in [0.15, 0.2) is 17.5 Å². The Hall–Kier alpha value is -3.72.